The van der Waals surface area contributed by atoms with Gasteiger partial charge in [0.1, 0.15) is 28.9 Å². The summed E-state index contributed by atoms with van der Waals surface area (Å²) in [6.07, 6.45) is 0.619. The van der Waals surface area contributed by atoms with Crippen molar-refractivity contribution in [2.45, 2.75) is 26.8 Å². The lowest BCUT2D eigenvalue weighted by Crippen LogP contribution is -2.24. The van der Waals surface area contributed by atoms with E-state index in [1.54, 1.807) is 0 Å². The zero-order valence-corrected chi connectivity index (χ0v) is 18.6. The number of hydrogen-bond donors (Lipinski definition) is 2. The Bertz CT molecular complexity index is 1200. The molecule has 1 aromatic carbocycles. The van der Waals surface area contributed by atoms with Gasteiger partial charge in [0.25, 0.3) is 5.78 Å². The van der Waals surface area contributed by atoms with E-state index in [-0.39, 0.29) is 52.0 Å². The fraction of sp³-hybridized carbons (Fsp3) is 0.333. The highest BCUT2D eigenvalue weighted by Gasteiger charge is 2.25. The average molecular weight is 463 g/mol. The van der Waals surface area contributed by atoms with Crippen molar-refractivity contribution >= 4 is 29.3 Å². The normalized spacial score (nSPS) is 11.8. The number of alkyl carbamates (subject to hydrolysis) is 1. The summed E-state index contributed by atoms with van der Waals surface area (Å²) >= 11 is 6.34. The number of carbonyl (C=O) groups excluding carboxylic acids is 1. The van der Waals surface area contributed by atoms with Crippen molar-refractivity contribution in [3.63, 3.8) is 0 Å². The Balaban J connectivity index is 2.07. The van der Waals surface area contributed by atoms with Crippen LogP contribution in [0.15, 0.2) is 18.5 Å². The second-order valence-corrected chi connectivity index (χ2v) is 7.58. The van der Waals surface area contributed by atoms with Crippen LogP contribution in [0.25, 0.3) is 16.9 Å². The predicted octanol–water partition coefficient (Wildman–Crippen LogP) is 3.89. The molecule has 0 aliphatic heterocycles. The molecular formula is C21H21ClF2N6O2. The van der Waals surface area contributed by atoms with Crippen LogP contribution in [-0.4, -0.2) is 45.4 Å². The molecule has 0 saturated carbocycles. The largest absolute Gasteiger partial charge is 0.436 e. The van der Waals surface area contributed by atoms with Gasteiger partial charge in [-0.2, -0.15) is 19.6 Å². The molecule has 3 aromatic rings. The number of aromatic nitrogens is 4. The molecule has 3 rings (SSSR count). The Morgan fingerprint density at radius 2 is 1.94 bits per heavy atom. The summed E-state index contributed by atoms with van der Waals surface area (Å²) in [6, 6.07) is 2.07. The van der Waals surface area contributed by atoms with Crippen LogP contribution in [0, 0.1) is 29.4 Å². The van der Waals surface area contributed by atoms with E-state index in [0.29, 0.717) is 0 Å². The number of rotatable bonds is 5. The first kappa shape index (κ1) is 23.2. The van der Waals surface area contributed by atoms with Gasteiger partial charge < -0.3 is 15.4 Å². The highest BCUT2D eigenvalue weighted by molar-refractivity contribution is 6.33. The van der Waals surface area contributed by atoms with E-state index in [1.807, 2.05) is 20.8 Å². The molecule has 0 unspecified atom stereocenters. The van der Waals surface area contributed by atoms with Gasteiger partial charge in [-0.05, 0) is 25.0 Å². The summed E-state index contributed by atoms with van der Waals surface area (Å²) < 4.78 is 36.3. The van der Waals surface area contributed by atoms with Crippen LogP contribution >= 0.6 is 11.6 Å². The zero-order valence-electron chi connectivity index (χ0n) is 17.8. The minimum atomic E-state index is -0.884. The van der Waals surface area contributed by atoms with Crippen molar-refractivity contribution in [3.05, 3.63) is 40.8 Å². The van der Waals surface area contributed by atoms with E-state index in [9.17, 15) is 4.79 Å². The monoisotopic (exact) mass is 462 g/mol. The van der Waals surface area contributed by atoms with Crippen LogP contribution < -0.4 is 10.6 Å². The number of amides is 1. The van der Waals surface area contributed by atoms with Gasteiger partial charge in [0.15, 0.2) is 6.61 Å². The molecule has 0 aliphatic carbocycles. The molecule has 0 bridgehead atoms. The molecule has 2 N–H and O–H groups in total. The first-order valence-electron chi connectivity index (χ1n) is 9.71. The first-order chi connectivity index (χ1) is 15.2. The third-order valence-electron chi connectivity index (χ3n) is 4.75. The predicted molar refractivity (Wildman–Crippen MR) is 116 cm³/mol. The molecule has 2 aromatic heterocycles. The van der Waals surface area contributed by atoms with Crippen molar-refractivity contribution in [3.8, 4) is 23.0 Å². The molecule has 1 atom stereocenters. The SMILES string of the molecule is CNC(=O)OCC#Cc1cc(F)c(-c2c(Cl)nc3ncnn3c2N[C@H](C)C(C)C)c(F)c1. The van der Waals surface area contributed by atoms with Gasteiger partial charge in [0, 0.05) is 18.7 Å². The van der Waals surface area contributed by atoms with Crippen LogP contribution in [0.3, 0.4) is 0 Å². The average Bonchev–Trinajstić information content (AvgIpc) is 3.20. The summed E-state index contributed by atoms with van der Waals surface area (Å²) in [5.41, 5.74) is -0.277. The quantitative estimate of drug-likeness (QED) is 0.441. The van der Waals surface area contributed by atoms with Gasteiger partial charge in [0.05, 0.1) is 11.1 Å². The van der Waals surface area contributed by atoms with Gasteiger partial charge in [-0.3, -0.25) is 0 Å². The lowest BCUT2D eigenvalue weighted by Gasteiger charge is -2.22. The highest BCUT2D eigenvalue weighted by Crippen LogP contribution is 2.38. The maximum Gasteiger partial charge on any atom is 0.407 e. The fourth-order valence-corrected chi connectivity index (χ4v) is 3.01. The number of anilines is 1. The van der Waals surface area contributed by atoms with Crippen molar-refractivity contribution in [2.75, 3.05) is 19.0 Å². The van der Waals surface area contributed by atoms with Gasteiger partial charge >= 0.3 is 6.09 Å². The summed E-state index contributed by atoms with van der Waals surface area (Å²) in [6.45, 7) is 5.70. The minimum absolute atomic E-state index is 0.0228. The van der Waals surface area contributed by atoms with E-state index >= 15 is 8.78 Å². The topological polar surface area (TPSA) is 93.4 Å². The van der Waals surface area contributed by atoms with Crippen molar-refractivity contribution in [2.24, 2.45) is 5.92 Å². The Morgan fingerprint density at radius 1 is 1.25 bits per heavy atom. The number of carbonyl (C=O) groups is 1. The van der Waals surface area contributed by atoms with E-state index < -0.39 is 17.7 Å². The molecule has 0 spiro atoms. The van der Waals surface area contributed by atoms with Crippen LogP contribution in [0.1, 0.15) is 26.3 Å². The molecule has 2 heterocycles. The van der Waals surface area contributed by atoms with Gasteiger partial charge in [-0.1, -0.05) is 37.3 Å². The molecule has 11 heteroatoms. The summed E-state index contributed by atoms with van der Waals surface area (Å²) in [5, 5.41) is 9.48. The van der Waals surface area contributed by atoms with Gasteiger partial charge in [-0.15, -0.1) is 0 Å². The number of fused-ring (bicyclic) bond motifs is 1. The minimum Gasteiger partial charge on any atom is -0.436 e. The number of benzene rings is 1. The van der Waals surface area contributed by atoms with E-state index in [2.05, 4.69) is 37.5 Å². The Labute approximate surface area is 188 Å². The van der Waals surface area contributed by atoms with E-state index in [1.165, 1.54) is 17.9 Å². The third-order valence-corrected chi connectivity index (χ3v) is 5.03. The molecule has 168 valence electrons. The molecule has 32 heavy (non-hydrogen) atoms. The number of nitrogens with one attached hydrogen (secondary N) is 2. The summed E-state index contributed by atoms with van der Waals surface area (Å²) in [4.78, 5) is 19.2. The lowest BCUT2D eigenvalue weighted by molar-refractivity contribution is 0.162. The molecule has 8 nitrogen and oxygen atoms in total. The summed E-state index contributed by atoms with van der Waals surface area (Å²) in [7, 11) is 1.40. The van der Waals surface area contributed by atoms with Crippen molar-refractivity contribution < 1.29 is 18.3 Å². The van der Waals surface area contributed by atoms with E-state index in [4.69, 9.17) is 16.3 Å². The molecule has 1 amide bonds. The van der Waals surface area contributed by atoms with Crippen LogP contribution in [0.5, 0.6) is 0 Å². The first-order valence-corrected chi connectivity index (χ1v) is 10.1. The van der Waals surface area contributed by atoms with Gasteiger partial charge in [0.2, 0.25) is 0 Å². The maximum atomic E-state index is 15.1. The second kappa shape index (κ2) is 9.78. The number of nitrogens with zero attached hydrogens (tertiary/aromatic N) is 4. The maximum absolute atomic E-state index is 15.1. The number of hydrogen-bond acceptors (Lipinski definition) is 6. The highest BCUT2D eigenvalue weighted by atomic mass is 35.5. The third kappa shape index (κ3) is 4.89. The Hall–Kier alpha value is -3.45. The van der Waals surface area contributed by atoms with Crippen molar-refractivity contribution in [1.82, 2.24) is 24.9 Å². The molecule has 0 saturated heterocycles. The Kier molecular flexibility index (Phi) is 7.10. The molecule has 0 radical (unpaired) electrons. The number of ether oxygens (including phenoxy) is 1. The van der Waals surface area contributed by atoms with Crippen LogP contribution in [0.4, 0.5) is 19.4 Å². The molecular weight excluding hydrogens is 442 g/mol. The Morgan fingerprint density at radius 3 is 2.56 bits per heavy atom. The van der Waals surface area contributed by atoms with Gasteiger partial charge in [-0.25, -0.2) is 13.6 Å². The zero-order chi connectivity index (χ0) is 23.4. The van der Waals surface area contributed by atoms with Crippen LogP contribution in [0.2, 0.25) is 5.15 Å². The lowest BCUT2D eigenvalue weighted by atomic mass is 10.0. The number of halogens is 3. The molecule has 0 fully saturated rings. The van der Waals surface area contributed by atoms with Crippen LogP contribution in [-0.2, 0) is 4.74 Å². The standard InChI is InChI=1S/C21H21ClF2N6O2/c1-11(2)12(3)28-19-17(18(22)29-20-26-10-27-30(19)20)16-14(23)8-13(9-15(16)24)6-5-7-32-21(31)25-4/h8-12,28H,7H2,1-4H3,(H,25,31)/t12-/m1/s1. The summed E-state index contributed by atoms with van der Waals surface area (Å²) in [5.74, 6) is 3.98. The van der Waals surface area contributed by atoms with E-state index in [0.717, 1.165) is 12.1 Å². The second-order valence-electron chi connectivity index (χ2n) is 7.22. The van der Waals surface area contributed by atoms with Crippen molar-refractivity contribution in [1.29, 1.82) is 0 Å². The molecule has 0 aliphatic rings. The smallest absolute Gasteiger partial charge is 0.407 e. The fourth-order valence-electron chi connectivity index (χ4n) is 2.75.